The zero-order chi connectivity index (χ0) is 27.6. The molecule has 3 aromatic carbocycles. The lowest BCUT2D eigenvalue weighted by atomic mass is 9.95. The molecule has 9 heteroatoms. The number of anilines is 1. The highest BCUT2D eigenvalue weighted by Gasteiger charge is 2.44. The van der Waals surface area contributed by atoms with Crippen LogP contribution in [0.15, 0.2) is 77.8 Å². The van der Waals surface area contributed by atoms with Crippen LogP contribution in [0.4, 0.5) is 14.5 Å². The molecule has 1 aliphatic heterocycles. The number of halogens is 2. The largest absolute Gasteiger partial charge is 0.341 e. The molecule has 2 aliphatic rings. The molecular weight excluding hydrogens is 502 g/mol. The van der Waals surface area contributed by atoms with Gasteiger partial charge in [0.2, 0.25) is 18.0 Å². The lowest BCUT2D eigenvalue weighted by Gasteiger charge is -2.31. The van der Waals surface area contributed by atoms with Crippen molar-refractivity contribution in [3.8, 4) is 0 Å². The number of rotatable bonds is 6. The van der Waals surface area contributed by atoms with E-state index in [9.17, 15) is 23.2 Å². The van der Waals surface area contributed by atoms with E-state index in [0.717, 1.165) is 29.3 Å². The van der Waals surface area contributed by atoms with Crippen LogP contribution in [0.1, 0.15) is 42.4 Å². The Morgan fingerprint density at radius 3 is 2.31 bits per heavy atom. The number of benzene rings is 3. The third kappa shape index (κ3) is 5.43. The van der Waals surface area contributed by atoms with E-state index in [1.807, 2.05) is 54.6 Å². The maximum absolute atomic E-state index is 13.7. The molecule has 0 radical (unpaired) electrons. The molecule has 0 spiro atoms. The minimum absolute atomic E-state index is 0.161. The van der Waals surface area contributed by atoms with Crippen molar-refractivity contribution in [3.63, 3.8) is 0 Å². The van der Waals surface area contributed by atoms with E-state index >= 15 is 0 Å². The van der Waals surface area contributed by atoms with Gasteiger partial charge in [-0.3, -0.25) is 14.4 Å². The smallest absolute Gasteiger partial charge is 0.272 e. The van der Waals surface area contributed by atoms with E-state index in [1.165, 1.54) is 4.90 Å². The van der Waals surface area contributed by atoms with E-state index in [0.29, 0.717) is 37.1 Å². The van der Waals surface area contributed by atoms with Crippen molar-refractivity contribution < 1.29 is 23.2 Å². The number of benzodiazepines with no additional fused rings is 1. The Kier molecular flexibility index (Phi) is 7.24. The highest BCUT2D eigenvalue weighted by Crippen LogP contribution is 2.31. The molecule has 5 rings (SSSR count). The fourth-order valence-corrected chi connectivity index (χ4v) is 5.30. The summed E-state index contributed by atoms with van der Waals surface area (Å²) in [4.78, 5) is 46.3. The molecular formula is C30H28F2N4O3. The Morgan fingerprint density at radius 1 is 0.974 bits per heavy atom. The number of hydrogen-bond acceptors (Lipinski definition) is 4. The van der Waals surface area contributed by atoms with Crippen LogP contribution in [0.2, 0.25) is 0 Å². The molecule has 3 amide bonds. The van der Waals surface area contributed by atoms with Gasteiger partial charge in [0, 0.05) is 24.2 Å². The summed E-state index contributed by atoms with van der Waals surface area (Å²) in [5, 5.41) is 5.59. The van der Waals surface area contributed by atoms with Crippen LogP contribution >= 0.6 is 0 Å². The molecule has 2 N–H and O–H groups in total. The van der Waals surface area contributed by atoms with E-state index in [4.69, 9.17) is 4.99 Å². The van der Waals surface area contributed by atoms with Gasteiger partial charge in [-0.1, -0.05) is 61.4 Å². The van der Waals surface area contributed by atoms with Gasteiger partial charge in [-0.2, -0.15) is 0 Å². The van der Waals surface area contributed by atoms with Crippen LogP contribution in [0, 0.1) is 11.6 Å². The number of carbonyl (C=O) groups excluding carboxylic acids is 3. The minimum Gasteiger partial charge on any atom is -0.341 e. The first kappa shape index (κ1) is 26.2. The zero-order valence-corrected chi connectivity index (χ0v) is 21.4. The number of fused-ring (bicyclic) bond motifs is 1. The minimum atomic E-state index is -1.26. The summed E-state index contributed by atoms with van der Waals surface area (Å²) in [5.41, 5.74) is 1.67. The second-order valence-corrected chi connectivity index (χ2v) is 9.93. The van der Waals surface area contributed by atoms with Crippen molar-refractivity contribution in [3.05, 3.63) is 101 Å². The molecule has 0 saturated heterocycles. The standard InChI is InChI=1S/C30H28F2N4O3/c1-36-24-12-6-5-11-23(24)26(20-9-3-2-4-10-20)33-27(28(36)38)34-29(39)30(13-7-8-14-30)35-25(37)17-19-15-21(31)18-22(32)16-19/h2-6,9-12,15-16,18,27H,7-8,13-14,17H2,1H3,(H,34,39)(H,35,37). The summed E-state index contributed by atoms with van der Waals surface area (Å²) in [6.45, 7) is 0. The third-order valence-corrected chi connectivity index (χ3v) is 7.22. The number of aliphatic imine (C=N–C) groups is 1. The molecule has 0 aromatic heterocycles. The Bertz CT molecular complexity index is 1430. The molecule has 1 heterocycles. The average molecular weight is 531 g/mol. The van der Waals surface area contributed by atoms with Gasteiger partial charge in [-0.15, -0.1) is 0 Å². The van der Waals surface area contributed by atoms with E-state index in [-0.39, 0.29) is 12.0 Å². The van der Waals surface area contributed by atoms with Crippen molar-refractivity contribution in [2.75, 3.05) is 11.9 Å². The number of carbonyl (C=O) groups is 3. The molecule has 1 saturated carbocycles. The second-order valence-electron chi connectivity index (χ2n) is 9.93. The van der Waals surface area contributed by atoms with Crippen LogP contribution in [0.3, 0.4) is 0 Å². The van der Waals surface area contributed by atoms with Crippen LogP contribution in [-0.4, -0.2) is 42.2 Å². The molecule has 1 aliphatic carbocycles. The van der Waals surface area contributed by atoms with Gasteiger partial charge in [0.1, 0.15) is 17.2 Å². The Labute approximate surface area is 224 Å². The average Bonchev–Trinajstić information content (AvgIpc) is 3.36. The normalized spacial score (nSPS) is 18.1. The van der Waals surface area contributed by atoms with Gasteiger partial charge in [0.15, 0.2) is 0 Å². The van der Waals surface area contributed by atoms with Gasteiger partial charge in [0.25, 0.3) is 5.91 Å². The first-order chi connectivity index (χ1) is 18.8. The molecule has 7 nitrogen and oxygen atoms in total. The molecule has 1 unspecified atom stereocenters. The predicted molar refractivity (Wildman–Crippen MR) is 143 cm³/mol. The van der Waals surface area contributed by atoms with Gasteiger partial charge in [-0.05, 0) is 36.6 Å². The Hall–Kier alpha value is -4.40. The van der Waals surface area contributed by atoms with Crippen LogP contribution in [0.25, 0.3) is 0 Å². The predicted octanol–water partition coefficient (Wildman–Crippen LogP) is 3.89. The van der Waals surface area contributed by atoms with Crippen LogP contribution in [0.5, 0.6) is 0 Å². The Morgan fingerprint density at radius 2 is 1.62 bits per heavy atom. The highest BCUT2D eigenvalue weighted by molar-refractivity contribution is 6.20. The van der Waals surface area contributed by atoms with Crippen LogP contribution < -0.4 is 15.5 Å². The SMILES string of the molecule is CN1C(=O)C(NC(=O)C2(NC(=O)Cc3cc(F)cc(F)c3)CCCC2)N=C(c2ccccc2)c2ccccc21. The molecule has 200 valence electrons. The molecule has 1 atom stereocenters. The number of nitrogens with zero attached hydrogens (tertiary/aromatic N) is 2. The number of likely N-dealkylation sites (N-methyl/N-ethyl adjacent to an activating group) is 1. The Balaban J connectivity index is 1.42. The maximum atomic E-state index is 13.7. The van der Waals surface area contributed by atoms with E-state index in [2.05, 4.69) is 10.6 Å². The summed E-state index contributed by atoms with van der Waals surface area (Å²) in [7, 11) is 1.63. The lowest BCUT2D eigenvalue weighted by Crippen LogP contribution is -2.60. The molecule has 0 bridgehead atoms. The highest BCUT2D eigenvalue weighted by atomic mass is 19.1. The fraction of sp³-hybridized carbons (Fsp3) is 0.267. The van der Waals surface area contributed by atoms with Gasteiger partial charge in [0.05, 0.1) is 17.8 Å². The van der Waals surface area contributed by atoms with Crippen molar-refractivity contribution in [2.24, 2.45) is 4.99 Å². The lowest BCUT2D eigenvalue weighted by molar-refractivity contribution is -0.135. The summed E-state index contributed by atoms with van der Waals surface area (Å²) < 4.78 is 27.2. The third-order valence-electron chi connectivity index (χ3n) is 7.22. The summed E-state index contributed by atoms with van der Waals surface area (Å²) in [5.74, 6) is -3.04. The van der Waals surface area contributed by atoms with Crippen molar-refractivity contribution in [1.82, 2.24) is 10.6 Å². The monoisotopic (exact) mass is 530 g/mol. The molecule has 39 heavy (non-hydrogen) atoms. The quantitative estimate of drug-likeness (QED) is 0.507. The van der Waals surface area contributed by atoms with Crippen molar-refractivity contribution in [1.29, 1.82) is 0 Å². The number of para-hydroxylation sites is 1. The first-order valence-electron chi connectivity index (χ1n) is 12.8. The topological polar surface area (TPSA) is 90.9 Å². The fourth-order valence-electron chi connectivity index (χ4n) is 5.30. The van der Waals surface area contributed by atoms with E-state index in [1.54, 1.807) is 7.05 Å². The summed E-state index contributed by atoms with van der Waals surface area (Å²) in [6, 6.07) is 19.7. The van der Waals surface area contributed by atoms with Crippen molar-refractivity contribution >= 4 is 29.1 Å². The van der Waals surface area contributed by atoms with Crippen LogP contribution in [-0.2, 0) is 20.8 Å². The summed E-state index contributed by atoms with van der Waals surface area (Å²) in [6.07, 6.45) is 0.621. The molecule has 3 aromatic rings. The van der Waals surface area contributed by atoms with Gasteiger partial charge >= 0.3 is 0 Å². The van der Waals surface area contributed by atoms with E-state index < -0.39 is 41.1 Å². The van der Waals surface area contributed by atoms with Gasteiger partial charge < -0.3 is 15.5 Å². The summed E-state index contributed by atoms with van der Waals surface area (Å²) >= 11 is 0. The number of nitrogens with one attached hydrogen (secondary N) is 2. The van der Waals surface area contributed by atoms with Crippen molar-refractivity contribution in [2.45, 2.75) is 43.8 Å². The first-order valence-corrected chi connectivity index (χ1v) is 12.8. The number of amides is 3. The maximum Gasteiger partial charge on any atom is 0.272 e. The molecule has 1 fully saturated rings. The van der Waals surface area contributed by atoms with Gasteiger partial charge in [-0.25, -0.2) is 13.8 Å². The zero-order valence-electron chi connectivity index (χ0n) is 21.4. The second kappa shape index (κ2) is 10.8. The number of hydrogen-bond donors (Lipinski definition) is 2.